The Morgan fingerprint density at radius 2 is 2.00 bits per heavy atom. The molecule has 0 spiro atoms. The highest BCUT2D eigenvalue weighted by Crippen LogP contribution is 2.36. The van der Waals surface area contributed by atoms with Crippen molar-refractivity contribution in [3.63, 3.8) is 0 Å². The van der Waals surface area contributed by atoms with Crippen LogP contribution in [0.4, 0.5) is 0 Å². The maximum atomic E-state index is 12.5. The van der Waals surface area contributed by atoms with Crippen LogP contribution in [0.3, 0.4) is 0 Å². The molecule has 2 fully saturated rings. The molecular weight excluding hydrogens is 286 g/mol. The number of rotatable bonds is 3. The summed E-state index contributed by atoms with van der Waals surface area (Å²) in [6.45, 7) is 1.98. The Hall–Kier alpha value is -1.06. The number of carbonyl (C=O) groups excluding carboxylic acids is 1. The average Bonchev–Trinajstić information content (AvgIpc) is 2.72. The topological polar surface area (TPSA) is 40.5 Å². The van der Waals surface area contributed by atoms with Crippen molar-refractivity contribution in [2.45, 2.75) is 63.6 Å². The highest BCUT2D eigenvalue weighted by molar-refractivity contribution is 6.31. The van der Waals surface area contributed by atoms with Gasteiger partial charge in [-0.25, -0.2) is 0 Å². The van der Waals surface area contributed by atoms with Crippen LogP contribution in [0, 0.1) is 6.92 Å². The van der Waals surface area contributed by atoms with Gasteiger partial charge in [0.25, 0.3) is 0 Å². The fraction of sp³-hybridized carbons (Fsp3) is 0.588. The number of carbonyl (C=O) groups is 1. The number of amides is 1. The molecule has 3 rings (SSSR count). The Kier molecular flexibility index (Phi) is 4.23. The Bertz CT molecular complexity index is 532. The molecule has 1 aromatic carbocycles. The number of aliphatic hydroxyl groups excluding tert-OH is 1. The van der Waals surface area contributed by atoms with Crippen LogP contribution < -0.4 is 0 Å². The normalized spacial score (nSPS) is 28.0. The summed E-state index contributed by atoms with van der Waals surface area (Å²) >= 11 is 6.13. The summed E-state index contributed by atoms with van der Waals surface area (Å²) in [6.07, 6.45) is 4.63. The summed E-state index contributed by atoms with van der Waals surface area (Å²) in [5.41, 5.74) is 2.18. The number of fused-ring (bicyclic) bond motifs is 2. The van der Waals surface area contributed by atoms with Crippen LogP contribution in [-0.4, -0.2) is 34.1 Å². The van der Waals surface area contributed by atoms with Gasteiger partial charge in [0, 0.05) is 23.5 Å². The number of benzene rings is 1. The predicted octanol–water partition coefficient (Wildman–Crippen LogP) is 3.10. The molecular formula is C17H22ClNO2. The van der Waals surface area contributed by atoms with E-state index in [4.69, 9.17) is 11.6 Å². The SMILES string of the molecule is Cc1ccc(CCC(=O)N2C3CCC2CC(O)C3)cc1Cl. The van der Waals surface area contributed by atoms with E-state index in [-0.39, 0.29) is 24.1 Å². The van der Waals surface area contributed by atoms with Gasteiger partial charge >= 0.3 is 0 Å². The second-order valence-electron chi connectivity index (χ2n) is 6.39. The van der Waals surface area contributed by atoms with Crippen molar-refractivity contribution in [3.05, 3.63) is 34.3 Å². The van der Waals surface area contributed by atoms with Crippen molar-refractivity contribution in [3.8, 4) is 0 Å². The van der Waals surface area contributed by atoms with Crippen molar-refractivity contribution in [2.24, 2.45) is 0 Å². The molecule has 4 heteroatoms. The molecule has 2 heterocycles. The lowest BCUT2D eigenvalue weighted by Crippen LogP contribution is -2.48. The van der Waals surface area contributed by atoms with E-state index >= 15 is 0 Å². The molecule has 3 nitrogen and oxygen atoms in total. The Morgan fingerprint density at radius 1 is 1.33 bits per heavy atom. The van der Waals surface area contributed by atoms with Gasteiger partial charge in [-0.2, -0.15) is 0 Å². The third-order valence-corrected chi connectivity index (χ3v) is 5.27. The van der Waals surface area contributed by atoms with Gasteiger partial charge in [-0.15, -0.1) is 0 Å². The summed E-state index contributed by atoms with van der Waals surface area (Å²) in [6, 6.07) is 6.52. The van der Waals surface area contributed by atoms with E-state index in [0.29, 0.717) is 6.42 Å². The molecule has 0 aromatic heterocycles. The number of halogens is 1. The van der Waals surface area contributed by atoms with Crippen molar-refractivity contribution >= 4 is 17.5 Å². The van der Waals surface area contributed by atoms with Crippen LogP contribution in [0.25, 0.3) is 0 Å². The first-order chi connectivity index (χ1) is 10.0. The summed E-state index contributed by atoms with van der Waals surface area (Å²) in [5.74, 6) is 0.228. The fourth-order valence-corrected chi connectivity index (χ4v) is 3.93. The molecule has 0 saturated carbocycles. The van der Waals surface area contributed by atoms with E-state index in [1.165, 1.54) is 0 Å². The van der Waals surface area contributed by atoms with Crippen LogP contribution >= 0.6 is 11.6 Å². The molecule has 1 aromatic rings. The molecule has 2 saturated heterocycles. The Labute approximate surface area is 130 Å². The van der Waals surface area contributed by atoms with Gasteiger partial charge < -0.3 is 10.0 Å². The highest BCUT2D eigenvalue weighted by Gasteiger charge is 2.42. The number of hydrogen-bond acceptors (Lipinski definition) is 2. The molecule has 114 valence electrons. The third-order valence-electron chi connectivity index (χ3n) is 4.86. The fourth-order valence-electron chi connectivity index (χ4n) is 3.73. The first kappa shape index (κ1) is 14.9. The van der Waals surface area contributed by atoms with Gasteiger partial charge in [-0.05, 0) is 56.2 Å². The smallest absolute Gasteiger partial charge is 0.223 e. The number of aryl methyl sites for hydroxylation is 2. The van der Waals surface area contributed by atoms with E-state index in [2.05, 4.69) is 0 Å². The second kappa shape index (κ2) is 5.98. The Balaban J connectivity index is 1.61. The van der Waals surface area contributed by atoms with E-state index < -0.39 is 0 Å². The van der Waals surface area contributed by atoms with Crippen molar-refractivity contribution in [2.75, 3.05) is 0 Å². The molecule has 2 atom stereocenters. The summed E-state index contributed by atoms with van der Waals surface area (Å²) in [5, 5.41) is 10.6. The molecule has 2 unspecified atom stereocenters. The van der Waals surface area contributed by atoms with Crippen LogP contribution in [0.2, 0.25) is 5.02 Å². The predicted molar refractivity (Wildman–Crippen MR) is 83.4 cm³/mol. The van der Waals surface area contributed by atoms with Crippen molar-refractivity contribution in [1.29, 1.82) is 0 Å². The maximum Gasteiger partial charge on any atom is 0.223 e. The molecule has 2 aliphatic heterocycles. The van der Waals surface area contributed by atoms with Gasteiger partial charge in [-0.3, -0.25) is 4.79 Å². The minimum absolute atomic E-state index is 0.220. The lowest BCUT2D eigenvalue weighted by Gasteiger charge is -2.37. The van der Waals surface area contributed by atoms with E-state index in [1.54, 1.807) is 0 Å². The zero-order valence-corrected chi connectivity index (χ0v) is 13.1. The molecule has 0 aliphatic carbocycles. The van der Waals surface area contributed by atoms with Crippen molar-refractivity contribution < 1.29 is 9.90 Å². The summed E-state index contributed by atoms with van der Waals surface area (Å²) < 4.78 is 0. The van der Waals surface area contributed by atoms with E-state index in [9.17, 15) is 9.90 Å². The number of piperidine rings is 1. The zero-order valence-electron chi connectivity index (χ0n) is 12.4. The minimum atomic E-state index is -0.220. The number of aliphatic hydroxyl groups is 1. The third kappa shape index (κ3) is 3.09. The van der Waals surface area contributed by atoms with Gasteiger partial charge in [0.15, 0.2) is 0 Å². The largest absolute Gasteiger partial charge is 0.393 e. The van der Waals surface area contributed by atoms with Gasteiger partial charge in [-0.1, -0.05) is 23.7 Å². The first-order valence-corrected chi connectivity index (χ1v) is 8.16. The Morgan fingerprint density at radius 3 is 2.62 bits per heavy atom. The minimum Gasteiger partial charge on any atom is -0.393 e. The van der Waals surface area contributed by atoms with Crippen molar-refractivity contribution in [1.82, 2.24) is 4.90 Å². The molecule has 1 N–H and O–H groups in total. The maximum absolute atomic E-state index is 12.5. The lowest BCUT2D eigenvalue weighted by molar-refractivity contribution is -0.137. The van der Waals surface area contributed by atoms with Gasteiger partial charge in [0.2, 0.25) is 5.91 Å². The van der Waals surface area contributed by atoms with Gasteiger partial charge in [0.05, 0.1) is 6.10 Å². The lowest BCUT2D eigenvalue weighted by atomic mass is 9.98. The quantitative estimate of drug-likeness (QED) is 0.932. The molecule has 2 aliphatic rings. The molecule has 1 amide bonds. The van der Waals surface area contributed by atoms with Gasteiger partial charge in [0.1, 0.15) is 0 Å². The second-order valence-corrected chi connectivity index (χ2v) is 6.80. The van der Waals surface area contributed by atoms with Crippen LogP contribution in [0.15, 0.2) is 18.2 Å². The molecule has 21 heavy (non-hydrogen) atoms. The average molecular weight is 308 g/mol. The zero-order chi connectivity index (χ0) is 15.0. The summed E-state index contributed by atoms with van der Waals surface area (Å²) in [7, 11) is 0. The van der Waals surface area contributed by atoms with E-state index in [1.807, 2.05) is 30.0 Å². The first-order valence-electron chi connectivity index (χ1n) is 7.79. The number of nitrogens with zero attached hydrogens (tertiary/aromatic N) is 1. The summed E-state index contributed by atoms with van der Waals surface area (Å²) in [4.78, 5) is 14.5. The number of hydrogen-bond donors (Lipinski definition) is 1. The van der Waals surface area contributed by atoms with Crippen LogP contribution in [-0.2, 0) is 11.2 Å². The van der Waals surface area contributed by atoms with Crippen LogP contribution in [0.5, 0.6) is 0 Å². The highest BCUT2D eigenvalue weighted by atomic mass is 35.5. The molecule has 0 radical (unpaired) electrons. The standard InChI is InChI=1S/C17H22ClNO2/c1-11-2-3-12(8-16(11)18)4-7-17(21)19-13-5-6-14(19)10-15(20)9-13/h2-3,8,13-15,20H,4-7,9-10H2,1H3. The monoisotopic (exact) mass is 307 g/mol. The van der Waals surface area contributed by atoms with E-state index in [0.717, 1.165) is 48.3 Å². The van der Waals surface area contributed by atoms with Crippen LogP contribution in [0.1, 0.15) is 43.2 Å². The molecule has 2 bridgehead atoms.